The Morgan fingerprint density at radius 2 is 2.35 bits per heavy atom. The molecule has 2 heterocycles. The number of piperidine rings is 1. The van der Waals surface area contributed by atoms with Crippen molar-refractivity contribution in [2.24, 2.45) is 5.73 Å². The first-order valence-corrected chi connectivity index (χ1v) is 7.76. The molecule has 0 spiro atoms. The molecule has 0 bridgehead atoms. The summed E-state index contributed by atoms with van der Waals surface area (Å²) in [4.78, 5) is 7.02. The molecule has 4 nitrogen and oxygen atoms in total. The van der Waals surface area contributed by atoms with Gasteiger partial charge in [-0.2, -0.15) is 0 Å². The van der Waals surface area contributed by atoms with Crippen LogP contribution in [0.1, 0.15) is 37.3 Å². The average molecular weight is 277 g/mol. The second kappa shape index (κ2) is 7.60. The lowest BCUT2D eigenvalue weighted by molar-refractivity contribution is 0.0439. The maximum atomic E-state index is 5.90. The van der Waals surface area contributed by atoms with Crippen LogP contribution in [0.3, 0.4) is 0 Å². The van der Waals surface area contributed by atoms with E-state index in [4.69, 9.17) is 10.5 Å². The highest BCUT2D eigenvalue weighted by Crippen LogP contribution is 2.23. The van der Waals surface area contributed by atoms with Crippen LogP contribution in [0.5, 0.6) is 0 Å². The topological polar surface area (TPSA) is 51.4 Å². The van der Waals surface area contributed by atoms with Crippen LogP contribution < -0.4 is 10.6 Å². The van der Waals surface area contributed by atoms with E-state index in [9.17, 15) is 0 Å². The number of hydrogen-bond donors (Lipinski definition) is 1. The van der Waals surface area contributed by atoms with Crippen LogP contribution in [-0.4, -0.2) is 37.3 Å². The van der Waals surface area contributed by atoms with Gasteiger partial charge in [0.05, 0.1) is 6.10 Å². The number of aryl methyl sites for hydroxylation is 1. The summed E-state index contributed by atoms with van der Waals surface area (Å²) in [5, 5.41) is 0. The van der Waals surface area contributed by atoms with Gasteiger partial charge in [-0.3, -0.25) is 0 Å². The van der Waals surface area contributed by atoms with Gasteiger partial charge in [-0.15, -0.1) is 0 Å². The van der Waals surface area contributed by atoms with E-state index in [0.29, 0.717) is 12.6 Å². The Morgan fingerprint density at radius 3 is 3.05 bits per heavy atom. The predicted molar refractivity (Wildman–Crippen MR) is 83.2 cm³/mol. The second-order valence-electron chi connectivity index (χ2n) is 5.60. The smallest absolute Gasteiger partial charge is 0.131 e. The quantitative estimate of drug-likeness (QED) is 0.867. The van der Waals surface area contributed by atoms with E-state index in [2.05, 4.69) is 29.8 Å². The fraction of sp³-hybridized carbons (Fsp3) is 0.688. The molecule has 1 aliphatic rings. The zero-order chi connectivity index (χ0) is 14.4. The number of anilines is 1. The normalized spacial score (nSPS) is 19.4. The van der Waals surface area contributed by atoms with Gasteiger partial charge in [0, 0.05) is 25.9 Å². The van der Waals surface area contributed by atoms with Crippen LogP contribution in [0, 0.1) is 6.92 Å². The van der Waals surface area contributed by atoms with Crippen molar-refractivity contribution in [3.05, 3.63) is 23.4 Å². The number of rotatable bonds is 6. The maximum absolute atomic E-state index is 5.90. The van der Waals surface area contributed by atoms with Crippen LogP contribution in [0.15, 0.2) is 12.3 Å². The molecule has 1 aromatic heterocycles. The van der Waals surface area contributed by atoms with Crippen molar-refractivity contribution in [1.29, 1.82) is 0 Å². The summed E-state index contributed by atoms with van der Waals surface area (Å²) in [6.45, 7) is 7.87. The monoisotopic (exact) mass is 277 g/mol. The van der Waals surface area contributed by atoms with Gasteiger partial charge in [0.15, 0.2) is 0 Å². The van der Waals surface area contributed by atoms with Gasteiger partial charge in [0.25, 0.3) is 0 Å². The van der Waals surface area contributed by atoms with Gasteiger partial charge in [-0.1, -0.05) is 13.0 Å². The van der Waals surface area contributed by atoms with Crippen LogP contribution in [0.2, 0.25) is 0 Å². The third-order valence-electron chi connectivity index (χ3n) is 3.78. The fourth-order valence-electron chi connectivity index (χ4n) is 2.81. The lowest BCUT2D eigenvalue weighted by Gasteiger charge is -2.34. The minimum Gasteiger partial charge on any atom is -0.376 e. The molecular formula is C16H27N3O. The van der Waals surface area contributed by atoms with Crippen LogP contribution in [0.4, 0.5) is 5.82 Å². The Kier molecular flexibility index (Phi) is 5.80. The number of nitrogens with two attached hydrogens (primary N) is 1. The highest BCUT2D eigenvalue weighted by atomic mass is 16.5. The summed E-state index contributed by atoms with van der Waals surface area (Å²) in [5.74, 6) is 1.11. The van der Waals surface area contributed by atoms with Crippen LogP contribution in [-0.2, 0) is 11.2 Å². The van der Waals surface area contributed by atoms with Crippen molar-refractivity contribution in [2.45, 2.75) is 45.6 Å². The third kappa shape index (κ3) is 3.93. The van der Waals surface area contributed by atoms with Crippen molar-refractivity contribution in [3.8, 4) is 0 Å². The fourth-order valence-corrected chi connectivity index (χ4v) is 2.81. The maximum Gasteiger partial charge on any atom is 0.131 e. The highest BCUT2D eigenvalue weighted by Gasteiger charge is 2.22. The Labute approximate surface area is 122 Å². The Bertz CT molecular complexity index is 422. The van der Waals surface area contributed by atoms with Gasteiger partial charge in [0.2, 0.25) is 0 Å². The van der Waals surface area contributed by atoms with Gasteiger partial charge in [-0.25, -0.2) is 4.98 Å². The number of nitrogens with zero attached hydrogens (tertiary/aromatic N) is 2. The van der Waals surface area contributed by atoms with E-state index in [-0.39, 0.29) is 0 Å². The van der Waals surface area contributed by atoms with Crippen LogP contribution in [0.25, 0.3) is 0 Å². The van der Waals surface area contributed by atoms with Crippen molar-refractivity contribution < 1.29 is 4.74 Å². The first kappa shape index (κ1) is 15.3. The standard InChI is InChI=1S/C16H27N3O/c1-3-9-20-15-5-4-8-19(12-15)16-13(2)10-14(6-7-17)11-18-16/h10-11,15H,3-9,12,17H2,1-2H3. The molecule has 0 aromatic carbocycles. The van der Waals surface area contributed by atoms with E-state index in [0.717, 1.165) is 38.4 Å². The second-order valence-corrected chi connectivity index (χ2v) is 5.60. The number of aromatic nitrogens is 1. The van der Waals surface area contributed by atoms with E-state index < -0.39 is 0 Å². The number of hydrogen-bond acceptors (Lipinski definition) is 4. The first-order valence-electron chi connectivity index (χ1n) is 7.76. The molecule has 0 amide bonds. The third-order valence-corrected chi connectivity index (χ3v) is 3.78. The van der Waals surface area contributed by atoms with E-state index in [1.807, 2.05) is 6.20 Å². The molecule has 112 valence electrons. The van der Waals surface area contributed by atoms with Gasteiger partial charge >= 0.3 is 0 Å². The molecule has 1 fully saturated rings. The SMILES string of the molecule is CCCOC1CCCN(c2ncc(CCN)cc2C)C1. The number of ether oxygens (including phenoxy) is 1. The molecule has 2 N–H and O–H groups in total. The van der Waals surface area contributed by atoms with Crippen molar-refractivity contribution in [3.63, 3.8) is 0 Å². The largest absolute Gasteiger partial charge is 0.376 e. The zero-order valence-corrected chi connectivity index (χ0v) is 12.8. The molecule has 1 saturated heterocycles. The Balaban J connectivity index is 2.02. The average Bonchev–Trinajstić information content (AvgIpc) is 2.46. The summed E-state index contributed by atoms with van der Waals surface area (Å²) >= 11 is 0. The van der Waals surface area contributed by atoms with Crippen LogP contribution >= 0.6 is 0 Å². The summed E-state index contributed by atoms with van der Waals surface area (Å²) in [5.41, 5.74) is 8.07. The minimum atomic E-state index is 0.355. The lowest BCUT2D eigenvalue weighted by atomic mass is 10.1. The molecule has 1 aliphatic heterocycles. The summed E-state index contributed by atoms with van der Waals surface area (Å²) in [6, 6.07) is 2.21. The molecule has 0 saturated carbocycles. The number of pyridine rings is 1. The molecule has 1 unspecified atom stereocenters. The van der Waals surface area contributed by atoms with Gasteiger partial charge in [-0.05, 0) is 50.3 Å². The summed E-state index contributed by atoms with van der Waals surface area (Å²) in [6.07, 6.45) is 6.65. The van der Waals surface area contributed by atoms with E-state index in [1.54, 1.807) is 0 Å². The molecule has 0 radical (unpaired) electrons. The Hall–Kier alpha value is -1.13. The van der Waals surface area contributed by atoms with Gasteiger partial charge < -0.3 is 15.4 Å². The molecule has 1 aromatic rings. The first-order chi connectivity index (χ1) is 9.74. The molecule has 20 heavy (non-hydrogen) atoms. The minimum absolute atomic E-state index is 0.355. The van der Waals surface area contributed by atoms with Crippen molar-refractivity contribution >= 4 is 5.82 Å². The molecule has 4 heteroatoms. The molecular weight excluding hydrogens is 250 g/mol. The lowest BCUT2D eigenvalue weighted by Crippen LogP contribution is -2.40. The van der Waals surface area contributed by atoms with Crippen molar-refractivity contribution in [1.82, 2.24) is 4.98 Å². The zero-order valence-electron chi connectivity index (χ0n) is 12.8. The van der Waals surface area contributed by atoms with Crippen molar-refractivity contribution in [2.75, 3.05) is 31.1 Å². The van der Waals surface area contributed by atoms with E-state index >= 15 is 0 Å². The summed E-state index contributed by atoms with van der Waals surface area (Å²) in [7, 11) is 0. The van der Waals surface area contributed by atoms with E-state index in [1.165, 1.54) is 24.0 Å². The summed E-state index contributed by atoms with van der Waals surface area (Å²) < 4.78 is 5.90. The molecule has 0 aliphatic carbocycles. The molecule has 2 rings (SSSR count). The Morgan fingerprint density at radius 1 is 1.50 bits per heavy atom. The van der Waals surface area contributed by atoms with Gasteiger partial charge in [0.1, 0.15) is 5.82 Å². The highest BCUT2D eigenvalue weighted by molar-refractivity contribution is 5.48. The molecule has 1 atom stereocenters. The predicted octanol–water partition coefficient (Wildman–Crippen LogP) is 2.29.